The van der Waals surface area contributed by atoms with Gasteiger partial charge in [0.25, 0.3) is 10.0 Å². The molecule has 3 aromatic carbocycles. The van der Waals surface area contributed by atoms with Crippen molar-refractivity contribution in [3.05, 3.63) is 96.6 Å². The first-order chi connectivity index (χ1) is 16.8. The van der Waals surface area contributed by atoms with Gasteiger partial charge in [0, 0.05) is 18.3 Å². The fourth-order valence-electron chi connectivity index (χ4n) is 3.38. The molecule has 2 N–H and O–H groups in total. The van der Waals surface area contributed by atoms with Gasteiger partial charge in [0.05, 0.1) is 29.6 Å². The number of carbonyl (C=O) groups is 1. The standard InChI is InChI=1S/C25H23FN4O4S/c1-34-24-13-10-20(15-23(24)29-35(32,33)22-11-8-19(26)9-12-22)28-25(31)14-7-18-16-27-30(17-18)21-5-3-2-4-6-21/h2-6,8-13,15-17,29H,7,14H2,1H3,(H,28,31). The number of benzene rings is 3. The molecule has 4 aromatic rings. The Morgan fingerprint density at radius 1 is 1.06 bits per heavy atom. The normalized spacial score (nSPS) is 11.1. The molecule has 0 unspecified atom stereocenters. The minimum Gasteiger partial charge on any atom is -0.495 e. The number of aromatic nitrogens is 2. The molecular weight excluding hydrogens is 471 g/mol. The Morgan fingerprint density at radius 3 is 2.51 bits per heavy atom. The van der Waals surface area contributed by atoms with Gasteiger partial charge < -0.3 is 10.1 Å². The number of ether oxygens (including phenoxy) is 1. The number of aryl methyl sites for hydroxylation is 1. The molecule has 0 saturated heterocycles. The number of sulfonamides is 1. The van der Waals surface area contributed by atoms with Gasteiger partial charge in [0.15, 0.2) is 0 Å². The molecule has 0 aliphatic rings. The van der Waals surface area contributed by atoms with Crippen molar-refractivity contribution in [2.24, 2.45) is 0 Å². The molecule has 0 fully saturated rings. The Labute approximate surface area is 202 Å². The molecule has 1 amide bonds. The van der Waals surface area contributed by atoms with Crippen molar-refractivity contribution in [2.45, 2.75) is 17.7 Å². The maximum absolute atomic E-state index is 13.2. The van der Waals surface area contributed by atoms with E-state index in [0.29, 0.717) is 12.1 Å². The summed E-state index contributed by atoms with van der Waals surface area (Å²) < 4.78 is 48.0. The molecule has 10 heteroatoms. The summed E-state index contributed by atoms with van der Waals surface area (Å²) in [5.41, 5.74) is 2.37. The van der Waals surface area contributed by atoms with E-state index in [1.165, 1.54) is 13.2 Å². The Morgan fingerprint density at radius 2 is 1.80 bits per heavy atom. The monoisotopic (exact) mass is 494 g/mol. The highest BCUT2D eigenvalue weighted by Crippen LogP contribution is 2.30. The van der Waals surface area contributed by atoms with Crippen LogP contribution in [0.2, 0.25) is 0 Å². The van der Waals surface area contributed by atoms with E-state index in [9.17, 15) is 17.6 Å². The number of carbonyl (C=O) groups excluding carboxylic acids is 1. The molecule has 0 spiro atoms. The summed E-state index contributed by atoms with van der Waals surface area (Å²) >= 11 is 0. The number of hydrogen-bond acceptors (Lipinski definition) is 5. The summed E-state index contributed by atoms with van der Waals surface area (Å²) in [6.45, 7) is 0. The Kier molecular flexibility index (Phi) is 7.11. The molecule has 180 valence electrons. The predicted molar refractivity (Wildman–Crippen MR) is 131 cm³/mol. The third kappa shape index (κ3) is 6.04. The number of rotatable bonds is 9. The van der Waals surface area contributed by atoms with E-state index in [4.69, 9.17) is 4.74 Å². The summed E-state index contributed by atoms with van der Waals surface area (Å²) in [5, 5.41) is 7.10. The quantitative estimate of drug-likeness (QED) is 0.359. The maximum atomic E-state index is 13.2. The van der Waals surface area contributed by atoms with E-state index in [-0.39, 0.29) is 28.7 Å². The SMILES string of the molecule is COc1ccc(NC(=O)CCc2cnn(-c3ccccc3)c2)cc1NS(=O)(=O)c1ccc(F)cc1. The highest BCUT2D eigenvalue weighted by molar-refractivity contribution is 7.92. The van der Waals surface area contributed by atoms with Crippen LogP contribution in [0.1, 0.15) is 12.0 Å². The number of methoxy groups -OCH3 is 1. The first-order valence-corrected chi connectivity index (χ1v) is 12.2. The zero-order valence-electron chi connectivity index (χ0n) is 18.8. The van der Waals surface area contributed by atoms with E-state index in [0.717, 1.165) is 35.5 Å². The van der Waals surface area contributed by atoms with E-state index in [1.807, 2.05) is 36.5 Å². The Bertz CT molecular complexity index is 1420. The topological polar surface area (TPSA) is 102 Å². The minimum absolute atomic E-state index is 0.105. The van der Waals surface area contributed by atoms with Crippen LogP contribution in [0.25, 0.3) is 5.69 Å². The van der Waals surface area contributed by atoms with Crippen molar-refractivity contribution in [1.82, 2.24) is 9.78 Å². The lowest BCUT2D eigenvalue weighted by Gasteiger charge is -2.14. The molecule has 1 aromatic heterocycles. The molecule has 0 bridgehead atoms. The predicted octanol–water partition coefficient (Wildman–Crippen LogP) is 4.39. The summed E-state index contributed by atoms with van der Waals surface area (Å²) in [6.07, 6.45) is 4.29. The van der Waals surface area contributed by atoms with Crippen LogP contribution in [0, 0.1) is 5.82 Å². The van der Waals surface area contributed by atoms with Gasteiger partial charge in [-0.05, 0) is 66.6 Å². The molecule has 0 aliphatic carbocycles. The van der Waals surface area contributed by atoms with Crippen LogP contribution >= 0.6 is 0 Å². The van der Waals surface area contributed by atoms with Crippen molar-refractivity contribution >= 4 is 27.3 Å². The number of nitrogens with one attached hydrogen (secondary N) is 2. The van der Waals surface area contributed by atoms with E-state index >= 15 is 0 Å². The van der Waals surface area contributed by atoms with Gasteiger partial charge in [-0.1, -0.05) is 18.2 Å². The fraction of sp³-hybridized carbons (Fsp3) is 0.120. The molecule has 0 radical (unpaired) electrons. The van der Waals surface area contributed by atoms with E-state index < -0.39 is 15.8 Å². The van der Waals surface area contributed by atoms with Crippen molar-refractivity contribution in [3.8, 4) is 11.4 Å². The third-order valence-electron chi connectivity index (χ3n) is 5.15. The van der Waals surface area contributed by atoms with Crippen LogP contribution in [0.4, 0.5) is 15.8 Å². The smallest absolute Gasteiger partial charge is 0.262 e. The van der Waals surface area contributed by atoms with Crippen molar-refractivity contribution in [1.29, 1.82) is 0 Å². The van der Waals surface area contributed by atoms with E-state index in [1.54, 1.807) is 23.0 Å². The second-order valence-electron chi connectivity index (χ2n) is 7.65. The van der Waals surface area contributed by atoms with Crippen LogP contribution in [0.15, 0.2) is 90.1 Å². The summed E-state index contributed by atoms with van der Waals surface area (Å²) in [7, 11) is -2.59. The maximum Gasteiger partial charge on any atom is 0.262 e. The number of hydrogen-bond donors (Lipinski definition) is 2. The average Bonchev–Trinajstić information content (AvgIpc) is 3.33. The van der Waals surface area contributed by atoms with Crippen LogP contribution in [-0.2, 0) is 21.2 Å². The lowest BCUT2D eigenvalue weighted by molar-refractivity contribution is -0.116. The van der Waals surface area contributed by atoms with Gasteiger partial charge in [0.1, 0.15) is 11.6 Å². The average molecular weight is 495 g/mol. The zero-order valence-corrected chi connectivity index (χ0v) is 19.6. The molecule has 0 saturated carbocycles. The molecule has 8 nitrogen and oxygen atoms in total. The van der Waals surface area contributed by atoms with Crippen LogP contribution in [-0.4, -0.2) is 31.2 Å². The second-order valence-corrected chi connectivity index (χ2v) is 9.33. The van der Waals surface area contributed by atoms with Crippen LogP contribution < -0.4 is 14.8 Å². The van der Waals surface area contributed by atoms with Gasteiger partial charge in [0.2, 0.25) is 5.91 Å². The second kappa shape index (κ2) is 10.4. The lowest BCUT2D eigenvalue weighted by atomic mass is 10.2. The fourth-order valence-corrected chi connectivity index (χ4v) is 4.44. The molecule has 4 rings (SSSR count). The number of nitrogens with zero attached hydrogens (tertiary/aromatic N) is 2. The first-order valence-electron chi connectivity index (χ1n) is 10.7. The van der Waals surface area contributed by atoms with Gasteiger partial charge in [-0.15, -0.1) is 0 Å². The van der Waals surface area contributed by atoms with Gasteiger partial charge in [-0.25, -0.2) is 17.5 Å². The molecule has 0 atom stereocenters. The summed E-state index contributed by atoms with van der Waals surface area (Å²) in [4.78, 5) is 12.4. The lowest BCUT2D eigenvalue weighted by Crippen LogP contribution is -2.15. The molecule has 0 aliphatic heterocycles. The number of para-hydroxylation sites is 1. The van der Waals surface area contributed by atoms with E-state index in [2.05, 4.69) is 15.1 Å². The summed E-state index contributed by atoms with van der Waals surface area (Å²) in [6, 6.07) is 18.7. The van der Waals surface area contributed by atoms with Crippen molar-refractivity contribution in [3.63, 3.8) is 0 Å². The highest BCUT2D eigenvalue weighted by atomic mass is 32.2. The molecule has 1 heterocycles. The largest absolute Gasteiger partial charge is 0.495 e. The Balaban J connectivity index is 1.41. The number of halogens is 1. The minimum atomic E-state index is -3.99. The number of anilines is 2. The van der Waals surface area contributed by atoms with Crippen molar-refractivity contribution < 1.29 is 22.3 Å². The van der Waals surface area contributed by atoms with Gasteiger partial charge in [-0.2, -0.15) is 5.10 Å². The Hall–Kier alpha value is -4.18. The molecule has 35 heavy (non-hydrogen) atoms. The molecular formula is C25H23FN4O4S. The van der Waals surface area contributed by atoms with Gasteiger partial charge in [-0.3, -0.25) is 9.52 Å². The summed E-state index contributed by atoms with van der Waals surface area (Å²) in [5.74, 6) is -0.518. The van der Waals surface area contributed by atoms with Crippen LogP contribution in [0.5, 0.6) is 5.75 Å². The zero-order chi connectivity index (χ0) is 24.8. The third-order valence-corrected chi connectivity index (χ3v) is 6.53. The number of amides is 1. The van der Waals surface area contributed by atoms with Gasteiger partial charge >= 0.3 is 0 Å². The first kappa shape index (κ1) is 24.0. The van der Waals surface area contributed by atoms with Crippen LogP contribution in [0.3, 0.4) is 0 Å². The van der Waals surface area contributed by atoms with Crippen molar-refractivity contribution in [2.75, 3.05) is 17.1 Å². The highest BCUT2D eigenvalue weighted by Gasteiger charge is 2.17.